The lowest BCUT2D eigenvalue weighted by atomic mass is 9.94. The largest absolute Gasteiger partial charge is 0.378 e. The van der Waals surface area contributed by atoms with Crippen molar-refractivity contribution in [1.82, 2.24) is 19.9 Å². The van der Waals surface area contributed by atoms with Crippen LogP contribution in [0.5, 0.6) is 0 Å². The highest BCUT2D eigenvalue weighted by molar-refractivity contribution is 5.78. The Bertz CT molecular complexity index is 808. The smallest absolute Gasteiger partial charge is 0.227 e. The average Bonchev–Trinajstić information content (AvgIpc) is 2.75. The van der Waals surface area contributed by atoms with Crippen LogP contribution in [-0.2, 0) is 16.0 Å². The van der Waals surface area contributed by atoms with E-state index >= 15 is 0 Å². The Morgan fingerprint density at radius 2 is 1.96 bits per heavy atom. The number of aryl methyl sites for hydroxylation is 1. The number of hydrogen-bond acceptors (Lipinski definition) is 6. The fourth-order valence-electron chi connectivity index (χ4n) is 3.97. The number of hydrogen-bond donors (Lipinski definition) is 0. The third kappa shape index (κ3) is 4.47. The van der Waals surface area contributed by atoms with E-state index in [0.29, 0.717) is 6.42 Å². The summed E-state index contributed by atoms with van der Waals surface area (Å²) in [6.45, 7) is 6.68. The summed E-state index contributed by atoms with van der Waals surface area (Å²) in [5.41, 5.74) is 2.06. The summed E-state index contributed by atoms with van der Waals surface area (Å²) in [7, 11) is 0. The number of likely N-dealkylation sites (tertiary alicyclic amines) is 1. The maximum Gasteiger partial charge on any atom is 0.227 e. The first-order valence-electron chi connectivity index (χ1n) is 10.0. The quantitative estimate of drug-likeness (QED) is 0.806. The number of piperidine rings is 1. The van der Waals surface area contributed by atoms with Crippen LogP contribution in [0.4, 0.5) is 5.82 Å². The maximum absolute atomic E-state index is 12.8. The summed E-state index contributed by atoms with van der Waals surface area (Å²) in [4.78, 5) is 30.4. The van der Waals surface area contributed by atoms with E-state index in [0.717, 1.165) is 75.1 Å². The molecule has 2 aromatic rings. The van der Waals surface area contributed by atoms with Crippen molar-refractivity contribution in [2.75, 3.05) is 44.3 Å². The molecule has 2 aromatic heterocycles. The molecule has 7 heteroatoms. The fraction of sp³-hybridized carbons (Fsp3) is 0.524. The molecule has 4 rings (SSSR count). The average molecular weight is 381 g/mol. The van der Waals surface area contributed by atoms with Crippen molar-refractivity contribution in [2.24, 2.45) is 0 Å². The molecule has 2 saturated heterocycles. The number of amides is 1. The van der Waals surface area contributed by atoms with Gasteiger partial charge in [0.15, 0.2) is 0 Å². The number of carbonyl (C=O) groups excluding carboxylic acids is 1. The Hall–Kier alpha value is -2.54. The molecule has 1 amide bonds. The second-order valence-electron chi connectivity index (χ2n) is 7.51. The summed E-state index contributed by atoms with van der Waals surface area (Å²) < 4.78 is 5.45. The molecule has 4 heterocycles. The number of morpholine rings is 1. The zero-order valence-electron chi connectivity index (χ0n) is 16.4. The van der Waals surface area contributed by atoms with Gasteiger partial charge in [0.25, 0.3) is 0 Å². The van der Waals surface area contributed by atoms with Gasteiger partial charge in [-0.3, -0.25) is 9.78 Å². The third-order valence-corrected chi connectivity index (χ3v) is 5.48. The van der Waals surface area contributed by atoms with E-state index in [2.05, 4.69) is 20.9 Å². The molecule has 0 N–H and O–H groups in total. The molecule has 0 aliphatic carbocycles. The maximum atomic E-state index is 12.8. The molecule has 0 spiro atoms. The standard InChI is InChI=1S/C21H27N5O2/c1-16-23-19(14-20(24-16)25-9-11-28-12-10-25)18-3-2-8-26(15-18)21(27)13-17-4-6-22-7-5-17/h4-7,14,18H,2-3,8-13,15H2,1H3/t18-/m0/s1. The van der Waals surface area contributed by atoms with E-state index in [1.165, 1.54) is 0 Å². The second-order valence-corrected chi connectivity index (χ2v) is 7.51. The zero-order chi connectivity index (χ0) is 19.3. The van der Waals surface area contributed by atoms with E-state index < -0.39 is 0 Å². The van der Waals surface area contributed by atoms with Crippen LogP contribution in [0.25, 0.3) is 0 Å². The van der Waals surface area contributed by atoms with E-state index in [9.17, 15) is 4.79 Å². The van der Waals surface area contributed by atoms with Crippen LogP contribution in [0, 0.1) is 6.92 Å². The molecule has 2 aliphatic heterocycles. The first-order chi connectivity index (χ1) is 13.7. The molecular weight excluding hydrogens is 354 g/mol. The Balaban J connectivity index is 1.46. The summed E-state index contributed by atoms with van der Waals surface area (Å²) in [6, 6.07) is 5.92. The summed E-state index contributed by atoms with van der Waals surface area (Å²) in [6.07, 6.45) is 5.95. The van der Waals surface area contributed by atoms with Gasteiger partial charge in [0.1, 0.15) is 11.6 Å². The van der Waals surface area contributed by atoms with Crippen molar-refractivity contribution in [2.45, 2.75) is 32.1 Å². The normalized spacial score (nSPS) is 20.2. The predicted octanol–water partition coefficient (Wildman–Crippen LogP) is 1.97. The first-order valence-corrected chi connectivity index (χ1v) is 10.0. The molecule has 0 bridgehead atoms. The zero-order valence-corrected chi connectivity index (χ0v) is 16.4. The van der Waals surface area contributed by atoms with Crippen molar-refractivity contribution < 1.29 is 9.53 Å². The molecule has 0 aromatic carbocycles. The lowest BCUT2D eigenvalue weighted by Gasteiger charge is -2.33. The molecule has 0 unspecified atom stereocenters. The van der Waals surface area contributed by atoms with Gasteiger partial charge < -0.3 is 14.5 Å². The number of anilines is 1. The Kier molecular flexibility index (Phi) is 5.81. The number of aromatic nitrogens is 3. The number of rotatable bonds is 4. The Morgan fingerprint density at radius 1 is 1.18 bits per heavy atom. The molecular formula is C21H27N5O2. The molecule has 7 nitrogen and oxygen atoms in total. The van der Waals surface area contributed by atoms with E-state index in [1.807, 2.05) is 24.0 Å². The SMILES string of the molecule is Cc1nc([C@H]2CCCN(C(=O)Cc3ccncc3)C2)cc(N2CCOCC2)n1. The van der Waals surface area contributed by atoms with Crippen molar-refractivity contribution in [1.29, 1.82) is 0 Å². The van der Waals surface area contributed by atoms with Crippen molar-refractivity contribution in [3.63, 3.8) is 0 Å². The van der Waals surface area contributed by atoms with Crippen LogP contribution in [0.3, 0.4) is 0 Å². The number of nitrogens with zero attached hydrogens (tertiary/aromatic N) is 5. The minimum atomic E-state index is 0.176. The molecule has 2 aliphatic rings. The van der Waals surface area contributed by atoms with E-state index in [4.69, 9.17) is 9.72 Å². The van der Waals surface area contributed by atoms with Gasteiger partial charge in [-0.05, 0) is 37.5 Å². The molecule has 0 radical (unpaired) electrons. The fourth-order valence-corrected chi connectivity index (χ4v) is 3.97. The topological polar surface area (TPSA) is 71.5 Å². The van der Waals surface area contributed by atoms with Crippen LogP contribution in [0.1, 0.15) is 35.8 Å². The highest BCUT2D eigenvalue weighted by Crippen LogP contribution is 2.28. The van der Waals surface area contributed by atoms with Gasteiger partial charge in [-0.1, -0.05) is 0 Å². The van der Waals surface area contributed by atoms with Crippen molar-refractivity contribution in [3.8, 4) is 0 Å². The molecule has 1 atom stereocenters. The van der Waals surface area contributed by atoms with Gasteiger partial charge in [0.2, 0.25) is 5.91 Å². The van der Waals surface area contributed by atoms with Gasteiger partial charge in [0.05, 0.1) is 25.3 Å². The minimum absolute atomic E-state index is 0.176. The van der Waals surface area contributed by atoms with Crippen LogP contribution in [0.15, 0.2) is 30.6 Å². The van der Waals surface area contributed by atoms with Crippen LogP contribution < -0.4 is 4.90 Å². The van der Waals surface area contributed by atoms with E-state index in [-0.39, 0.29) is 11.8 Å². The lowest BCUT2D eigenvalue weighted by molar-refractivity contribution is -0.131. The molecule has 148 valence electrons. The predicted molar refractivity (Wildman–Crippen MR) is 106 cm³/mol. The number of ether oxygens (including phenoxy) is 1. The number of carbonyl (C=O) groups is 1. The highest BCUT2D eigenvalue weighted by atomic mass is 16.5. The summed E-state index contributed by atoms with van der Waals surface area (Å²) >= 11 is 0. The molecule has 28 heavy (non-hydrogen) atoms. The Morgan fingerprint density at radius 3 is 2.75 bits per heavy atom. The van der Waals surface area contributed by atoms with Gasteiger partial charge in [-0.25, -0.2) is 9.97 Å². The first kappa shape index (κ1) is 18.8. The van der Waals surface area contributed by atoms with Crippen molar-refractivity contribution >= 4 is 11.7 Å². The van der Waals surface area contributed by atoms with Crippen LogP contribution in [0.2, 0.25) is 0 Å². The summed E-state index contributed by atoms with van der Waals surface area (Å²) in [5.74, 6) is 2.21. The minimum Gasteiger partial charge on any atom is -0.378 e. The van der Waals surface area contributed by atoms with E-state index in [1.54, 1.807) is 12.4 Å². The van der Waals surface area contributed by atoms with Gasteiger partial charge in [-0.15, -0.1) is 0 Å². The number of pyridine rings is 1. The van der Waals surface area contributed by atoms with Crippen molar-refractivity contribution in [3.05, 3.63) is 47.7 Å². The Labute approximate surface area is 165 Å². The van der Waals surface area contributed by atoms with Gasteiger partial charge in [-0.2, -0.15) is 0 Å². The monoisotopic (exact) mass is 381 g/mol. The van der Waals surface area contributed by atoms with Crippen LogP contribution in [-0.4, -0.2) is 65.2 Å². The second kappa shape index (κ2) is 8.65. The molecule has 0 saturated carbocycles. The van der Waals surface area contributed by atoms with Gasteiger partial charge in [0, 0.05) is 50.6 Å². The van der Waals surface area contributed by atoms with Gasteiger partial charge >= 0.3 is 0 Å². The van der Waals surface area contributed by atoms with Crippen LogP contribution >= 0.6 is 0 Å². The molecule has 2 fully saturated rings. The third-order valence-electron chi connectivity index (χ3n) is 5.48. The lowest BCUT2D eigenvalue weighted by Crippen LogP contribution is -2.40. The summed E-state index contributed by atoms with van der Waals surface area (Å²) in [5, 5.41) is 0. The highest BCUT2D eigenvalue weighted by Gasteiger charge is 2.27.